The van der Waals surface area contributed by atoms with Crippen LogP contribution >= 0.6 is 47.0 Å². The van der Waals surface area contributed by atoms with Gasteiger partial charge in [0.2, 0.25) is 0 Å². The summed E-state index contributed by atoms with van der Waals surface area (Å²) < 4.78 is 0.455. The summed E-state index contributed by atoms with van der Waals surface area (Å²) in [5.41, 5.74) is 17.9. The highest BCUT2D eigenvalue weighted by atomic mass is 32.2. The molecule has 8 aromatic carbocycles. The van der Waals surface area contributed by atoms with Crippen molar-refractivity contribution in [2.45, 2.75) is 78.0 Å². The molecule has 0 aliphatic heterocycles. The average Bonchev–Trinajstić information content (AvgIpc) is 3.69. The van der Waals surface area contributed by atoms with Gasteiger partial charge in [-0.05, 0) is 162 Å². The van der Waals surface area contributed by atoms with Crippen molar-refractivity contribution in [2.75, 3.05) is 111 Å². The normalized spacial score (nSPS) is 10.6. The van der Waals surface area contributed by atoms with E-state index in [-0.39, 0.29) is 9.49 Å². The maximum absolute atomic E-state index is 3.68. The predicted molar refractivity (Wildman–Crippen MR) is 389 cm³/mol. The molecule has 0 aromatic heterocycles. The molecule has 452 valence electrons. The first-order chi connectivity index (χ1) is 40.3. The second-order valence-corrected chi connectivity index (χ2v) is 27.2. The number of rotatable bonds is 22. The van der Waals surface area contributed by atoms with Gasteiger partial charge in [0.15, 0.2) is 0 Å². The number of aryl methyl sites for hydroxylation is 4. The van der Waals surface area contributed by atoms with Crippen molar-refractivity contribution >= 4 is 69.8 Å². The topological polar surface area (TPSA) is 54.6 Å². The Kier molecular flexibility index (Phi) is 35.7. The summed E-state index contributed by atoms with van der Waals surface area (Å²) in [6.07, 6.45) is 8.65. The van der Waals surface area contributed by atoms with E-state index in [4.69, 9.17) is 0 Å². The monoisotopic (exact) mass is 1200 g/mol. The van der Waals surface area contributed by atoms with E-state index in [2.05, 4.69) is 273 Å². The van der Waals surface area contributed by atoms with Gasteiger partial charge in [0.25, 0.3) is 0 Å². The van der Waals surface area contributed by atoms with Crippen LogP contribution in [0.15, 0.2) is 206 Å². The smallest absolute Gasteiger partial charge is 0.0386 e. The van der Waals surface area contributed by atoms with E-state index in [9.17, 15) is 0 Å². The van der Waals surface area contributed by atoms with Crippen LogP contribution in [0, 0.1) is 27.7 Å². The molecule has 0 aliphatic carbocycles. The molecule has 8 aromatic rings. The number of nitrogens with one attached hydrogen (secondary N) is 4. The number of hydrogen-bond acceptors (Lipinski definition) is 10. The lowest BCUT2D eigenvalue weighted by Crippen LogP contribution is -2.31. The lowest BCUT2D eigenvalue weighted by Gasteiger charge is -2.24. The molecule has 0 bridgehead atoms. The van der Waals surface area contributed by atoms with Gasteiger partial charge in [0.05, 0.1) is 0 Å². The summed E-state index contributed by atoms with van der Waals surface area (Å²) in [5, 5.41) is 14.5. The highest BCUT2D eigenvalue weighted by molar-refractivity contribution is 8.00. The summed E-state index contributed by atoms with van der Waals surface area (Å²) in [6, 6.07) is 72.2. The molecule has 0 unspecified atom stereocenters. The lowest BCUT2D eigenvalue weighted by atomic mass is 10.0. The van der Waals surface area contributed by atoms with E-state index in [0.717, 1.165) is 50.8 Å². The quantitative estimate of drug-likeness (QED) is 0.0494. The van der Waals surface area contributed by atoms with Gasteiger partial charge in [-0.25, -0.2) is 0 Å². The van der Waals surface area contributed by atoms with Crippen LogP contribution in [0.3, 0.4) is 0 Å². The lowest BCUT2D eigenvalue weighted by molar-refractivity contribution is 0.591. The van der Waals surface area contributed by atoms with Crippen LogP contribution in [0.5, 0.6) is 0 Å². The molecule has 4 N–H and O–H groups in total. The second kappa shape index (κ2) is 41.4. The van der Waals surface area contributed by atoms with Crippen LogP contribution in [0.4, 0.5) is 22.7 Å². The Hall–Kier alpha value is -5.72. The molecule has 0 saturated carbocycles. The van der Waals surface area contributed by atoms with Gasteiger partial charge in [-0.1, -0.05) is 180 Å². The van der Waals surface area contributed by atoms with Gasteiger partial charge in [0.1, 0.15) is 0 Å². The molecule has 0 aliphatic rings. The maximum atomic E-state index is 3.68. The molecular formula is C74H102N6S4. The van der Waals surface area contributed by atoms with Crippen LogP contribution in [-0.2, 0) is 13.1 Å². The molecule has 10 heteroatoms. The summed E-state index contributed by atoms with van der Waals surface area (Å²) >= 11 is 7.54. The Morgan fingerprint density at radius 1 is 0.357 bits per heavy atom. The molecule has 0 spiro atoms. The maximum Gasteiger partial charge on any atom is 0.0386 e. The minimum absolute atomic E-state index is 0.213. The number of anilines is 4. The van der Waals surface area contributed by atoms with E-state index >= 15 is 0 Å². The van der Waals surface area contributed by atoms with E-state index in [1.165, 1.54) is 78.4 Å². The molecule has 0 heterocycles. The van der Waals surface area contributed by atoms with E-state index in [0.29, 0.717) is 0 Å². The number of benzene rings is 8. The fourth-order valence-corrected chi connectivity index (χ4v) is 8.98. The summed E-state index contributed by atoms with van der Waals surface area (Å²) in [6.45, 7) is 23.2. The van der Waals surface area contributed by atoms with Crippen molar-refractivity contribution in [3.05, 3.63) is 240 Å². The fraction of sp³-hybridized carbons (Fsp3) is 0.351. The van der Waals surface area contributed by atoms with E-state index < -0.39 is 0 Å². The van der Waals surface area contributed by atoms with Crippen LogP contribution < -0.4 is 31.1 Å². The van der Waals surface area contributed by atoms with Gasteiger partial charge in [-0.3, -0.25) is 0 Å². The highest BCUT2D eigenvalue weighted by Crippen LogP contribution is 2.30. The molecule has 0 radical (unpaired) electrons. The third-order valence-electron chi connectivity index (χ3n) is 13.5. The van der Waals surface area contributed by atoms with Crippen molar-refractivity contribution in [3.8, 4) is 22.3 Å². The van der Waals surface area contributed by atoms with E-state index in [1.54, 1.807) is 0 Å². The van der Waals surface area contributed by atoms with Crippen molar-refractivity contribution in [1.82, 2.24) is 10.6 Å². The summed E-state index contributed by atoms with van der Waals surface area (Å²) in [7, 11) is 8.29. The van der Waals surface area contributed by atoms with Crippen LogP contribution in [0.2, 0.25) is 0 Å². The Morgan fingerprint density at radius 3 is 1.00 bits per heavy atom. The third-order valence-corrected chi connectivity index (χ3v) is 17.2. The number of thioether (sulfide) groups is 4. The molecule has 0 fully saturated rings. The first-order valence-corrected chi connectivity index (χ1v) is 34.4. The summed E-state index contributed by atoms with van der Waals surface area (Å²) in [4.78, 5) is 4.26. The van der Waals surface area contributed by atoms with Gasteiger partial charge in [-0.2, -0.15) is 47.0 Å². The molecule has 6 nitrogen and oxygen atoms in total. The largest absolute Gasteiger partial charge is 0.384 e. The van der Waals surface area contributed by atoms with Gasteiger partial charge in [0, 0.05) is 111 Å². The van der Waals surface area contributed by atoms with Crippen LogP contribution in [-0.4, -0.2) is 100 Å². The number of hydrogen-bond donors (Lipinski definition) is 4. The Bertz CT molecular complexity index is 2770. The van der Waals surface area contributed by atoms with Crippen molar-refractivity contribution < 1.29 is 0 Å². The Morgan fingerprint density at radius 2 is 0.679 bits per heavy atom. The Balaban J connectivity index is 0.000000301. The van der Waals surface area contributed by atoms with Gasteiger partial charge < -0.3 is 31.1 Å². The fourth-order valence-electron chi connectivity index (χ4n) is 7.86. The first kappa shape index (κ1) is 72.5. The third kappa shape index (κ3) is 30.9. The highest BCUT2D eigenvalue weighted by Gasteiger charge is 2.17. The van der Waals surface area contributed by atoms with Crippen molar-refractivity contribution in [2.24, 2.45) is 0 Å². The van der Waals surface area contributed by atoms with Gasteiger partial charge in [-0.15, -0.1) is 0 Å². The zero-order valence-corrected chi connectivity index (χ0v) is 57.1. The zero-order valence-electron chi connectivity index (χ0n) is 53.8. The molecule has 84 heavy (non-hydrogen) atoms. The van der Waals surface area contributed by atoms with Crippen molar-refractivity contribution in [1.29, 1.82) is 0 Å². The molecule has 0 atom stereocenters. The molecule has 0 saturated heterocycles. The molecule has 8 rings (SSSR count). The average molecular weight is 1200 g/mol. The van der Waals surface area contributed by atoms with E-state index in [1.807, 2.05) is 120 Å². The standard InChI is InChI=1S/2C23H35N3S2.4C7H8/c1-23(2,28-6)17-24-16-20-15-19(9-12-22(20)25-13-14-27-5)18-7-10-21(11-8-18)26(3)4;1-23(2,28-6)17-25-22-12-9-19(15-20(22)16-24-13-14-27-5)18-7-10-21(11-8-18)26(3)4;4*1-7-5-3-2-4-6-7/h2*7-12,15,24-25H,13-14,16-17H2,1-6H3;4*2-6H,1H3. The second-order valence-electron chi connectivity index (χ2n) is 22.2. The SMILES string of the molecule is CSCCNCc1cc(-c2ccc(N(C)C)cc2)ccc1NCC(C)(C)SC.CSCCNc1ccc(-c2ccc(N(C)C)cc2)cc1CNCC(C)(C)SC.Cc1ccccc1.Cc1ccccc1.Cc1ccccc1.Cc1ccccc1. The Labute approximate surface area is 528 Å². The van der Waals surface area contributed by atoms with Crippen molar-refractivity contribution in [3.63, 3.8) is 0 Å². The first-order valence-electron chi connectivity index (χ1n) is 29.2. The zero-order chi connectivity index (χ0) is 61.6. The van der Waals surface area contributed by atoms with Crippen LogP contribution in [0.1, 0.15) is 61.1 Å². The minimum Gasteiger partial charge on any atom is -0.384 e. The molecule has 0 amide bonds. The van der Waals surface area contributed by atoms with Gasteiger partial charge >= 0.3 is 0 Å². The minimum atomic E-state index is 0.213. The number of nitrogens with zero attached hydrogens (tertiary/aromatic N) is 2. The predicted octanol–water partition coefficient (Wildman–Crippen LogP) is 18.8. The summed E-state index contributed by atoms with van der Waals surface area (Å²) in [5.74, 6) is 2.24. The van der Waals surface area contributed by atoms with Crippen LogP contribution in [0.25, 0.3) is 22.3 Å². The molecular weight excluding hydrogens is 1100 g/mol.